The molecule has 38 heavy (non-hydrogen) atoms. The fraction of sp³-hybridized carbons (Fsp3) is 0.0811. The van der Waals surface area contributed by atoms with Gasteiger partial charge < -0.3 is 4.57 Å². The van der Waals surface area contributed by atoms with Crippen molar-refractivity contribution in [1.82, 2.24) is 4.57 Å². The summed E-state index contributed by atoms with van der Waals surface area (Å²) in [6.07, 6.45) is 0. The molecule has 0 N–H and O–H groups in total. The van der Waals surface area contributed by atoms with Crippen LogP contribution in [0.5, 0.6) is 0 Å². The maximum atomic E-state index is 2.54. The molecule has 1 nitrogen and oxygen atoms in total. The highest BCUT2D eigenvalue weighted by Gasteiger charge is 2.41. The minimum atomic E-state index is -0.107. The molecule has 6 aromatic carbocycles. The van der Waals surface area contributed by atoms with Gasteiger partial charge in [-0.15, -0.1) is 0 Å². The third-order valence-corrected chi connectivity index (χ3v) is 8.55. The lowest BCUT2D eigenvalue weighted by Gasteiger charge is -2.22. The monoisotopic (exact) mass is 485 g/mol. The molecule has 1 aliphatic rings. The van der Waals surface area contributed by atoms with Crippen LogP contribution in [0, 0.1) is 0 Å². The van der Waals surface area contributed by atoms with Gasteiger partial charge in [-0.1, -0.05) is 129 Å². The Morgan fingerprint density at radius 2 is 1.05 bits per heavy atom. The van der Waals surface area contributed by atoms with Crippen LogP contribution in [0.3, 0.4) is 0 Å². The molecule has 0 unspecified atom stereocenters. The van der Waals surface area contributed by atoms with Gasteiger partial charge in [0, 0.05) is 27.4 Å². The molecule has 0 bridgehead atoms. The van der Waals surface area contributed by atoms with Crippen molar-refractivity contribution in [2.75, 3.05) is 0 Å². The summed E-state index contributed by atoms with van der Waals surface area (Å²) in [7, 11) is 0. The zero-order chi connectivity index (χ0) is 25.4. The zero-order valence-electron chi connectivity index (χ0n) is 21.6. The molecule has 0 spiro atoms. The van der Waals surface area contributed by atoms with Crippen molar-refractivity contribution in [3.05, 3.63) is 139 Å². The molecule has 0 atom stereocenters. The zero-order valence-corrected chi connectivity index (χ0v) is 21.6. The summed E-state index contributed by atoms with van der Waals surface area (Å²) in [5, 5.41) is 6.64. The molecular weight excluding hydrogens is 458 g/mol. The van der Waals surface area contributed by atoms with E-state index in [0.717, 1.165) is 0 Å². The quantitative estimate of drug-likeness (QED) is 0.215. The number of aromatic nitrogens is 1. The van der Waals surface area contributed by atoms with Crippen LogP contribution in [-0.2, 0) is 5.41 Å². The van der Waals surface area contributed by atoms with Crippen LogP contribution in [0.15, 0.2) is 127 Å². The van der Waals surface area contributed by atoms with Gasteiger partial charge in [-0.3, -0.25) is 0 Å². The molecule has 180 valence electrons. The first-order chi connectivity index (χ1) is 18.6. The molecule has 0 aliphatic heterocycles. The highest BCUT2D eigenvalue weighted by atomic mass is 15.0. The van der Waals surface area contributed by atoms with Crippen molar-refractivity contribution in [1.29, 1.82) is 0 Å². The van der Waals surface area contributed by atoms with Crippen LogP contribution in [0.25, 0.3) is 60.5 Å². The minimum Gasteiger partial charge on any atom is -0.308 e. The molecule has 1 aliphatic carbocycles. The first-order valence-corrected chi connectivity index (χ1v) is 13.4. The summed E-state index contributed by atoms with van der Waals surface area (Å²) in [5.74, 6) is 0. The summed E-state index contributed by atoms with van der Waals surface area (Å²) in [6.45, 7) is 4.79. The predicted molar refractivity (Wildman–Crippen MR) is 161 cm³/mol. The van der Waals surface area contributed by atoms with E-state index in [2.05, 4.69) is 146 Å². The first-order valence-electron chi connectivity index (χ1n) is 13.4. The molecule has 0 amide bonds. The Hall–Kier alpha value is -4.62. The van der Waals surface area contributed by atoms with Gasteiger partial charge in [-0.25, -0.2) is 0 Å². The summed E-state index contributed by atoms with van der Waals surface area (Å²) in [5.41, 5.74) is 10.4. The maximum Gasteiger partial charge on any atom is 0.0623 e. The van der Waals surface area contributed by atoms with Crippen LogP contribution >= 0.6 is 0 Å². The van der Waals surface area contributed by atoms with Gasteiger partial charge >= 0.3 is 0 Å². The van der Waals surface area contributed by atoms with E-state index >= 15 is 0 Å². The fourth-order valence-corrected chi connectivity index (χ4v) is 6.87. The van der Waals surface area contributed by atoms with Crippen molar-refractivity contribution in [2.24, 2.45) is 0 Å². The van der Waals surface area contributed by atoms with Crippen LogP contribution in [0.1, 0.15) is 25.0 Å². The molecule has 0 radical (unpaired) electrons. The summed E-state index contributed by atoms with van der Waals surface area (Å²) in [6, 6.07) is 46.6. The van der Waals surface area contributed by atoms with Crippen LogP contribution in [-0.4, -0.2) is 4.57 Å². The average Bonchev–Trinajstić information content (AvgIpc) is 3.45. The van der Waals surface area contributed by atoms with Crippen LogP contribution in [0.4, 0.5) is 0 Å². The summed E-state index contributed by atoms with van der Waals surface area (Å²) in [4.78, 5) is 0. The highest BCUT2D eigenvalue weighted by molar-refractivity contribution is 6.27. The Labute approximate surface area is 222 Å². The maximum absolute atomic E-state index is 2.54. The molecule has 1 heteroatoms. The van der Waals surface area contributed by atoms with Crippen LogP contribution < -0.4 is 0 Å². The van der Waals surface area contributed by atoms with Gasteiger partial charge in [-0.2, -0.15) is 0 Å². The number of rotatable bonds is 2. The van der Waals surface area contributed by atoms with E-state index in [1.165, 1.54) is 71.6 Å². The third kappa shape index (κ3) is 2.76. The number of hydrogen-bond donors (Lipinski definition) is 0. The number of nitrogens with zero attached hydrogens (tertiary/aromatic N) is 1. The highest BCUT2D eigenvalue weighted by Crippen LogP contribution is 2.56. The molecular formula is C37H27N. The molecule has 7 aromatic rings. The van der Waals surface area contributed by atoms with Gasteiger partial charge in [0.15, 0.2) is 0 Å². The lowest BCUT2D eigenvalue weighted by Crippen LogP contribution is -2.14. The van der Waals surface area contributed by atoms with Gasteiger partial charge in [0.2, 0.25) is 0 Å². The van der Waals surface area contributed by atoms with E-state index in [-0.39, 0.29) is 5.41 Å². The number of hydrogen-bond acceptors (Lipinski definition) is 0. The van der Waals surface area contributed by atoms with E-state index in [0.29, 0.717) is 0 Å². The molecule has 1 aromatic heterocycles. The predicted octanol–water partition coefficient (Wildman–Crippen LogP) is 9.91. The minimum absolute atomic E-state index is 0.107. The second kappa shape index (κ2) is 7.69. The van der Waals surface area contributed by atoms with Crippen molar-refractivity contribution in [3.63, 3.8) is 0 Å². The van der Waals surface area contributed by atoms with Gasteiger partial charge in [0.1, 0.15) is 0 Å². The third-order valence-electron chi connectivity index (χ3n) is 8.55. The summed E-state index contributed by atoms with van der Waals surface area (Å²) < 4.78 is 2.54. The SMILES string of the molecule is CC1(C)c2ccccc2-c2c1c1c3ccccc3c3ccccc3c1n2-c1ccc(-c2ccccc2)cc1. The van der Waals surface area contributed by atoms with Crippen molar-refractivity contribution < 1.29 is 0 Å². The fourth-order valence-electron chi connectivity index (χ4n) is 6.87. The summed E-state index contributed by atoms with van der Waals surface area (Å²) >= 11 is 0. The van der Waals surface area contributed by atoms with E-state index in [4.69, 9.17) is 0 Å². The van der Waals surface area contributed by atoms with Gasteiger partial charge in [-0.05, 0) is 50.5 Å². The van der Waals surface area contributed by atoms with Crippen LogP contribution in [0.2, 0.25) is 0 Å². The topological polar surface area (TPSA) is 4.93 Å². The van der Waals surface area contributed by atoms with E-state index in [1.807, 2.05) is 0 Å². The lowest BCUT2D eigenvalue weighted by molar-refractivity contribution is 0.666. The standard InChI is InChI=1S/C37H27N/c1-37(2)32-19-11-10-18-31(32)36-34(37)33-29-16-8-6-14-27(29)28-15-7-9-17-30(28)35(33)38(36)26-22-20-25(21-23-26)24-12-4-3-5-13-24/h3-23H,1-2H3. The average molecular weight is 486 g/mol. The Morgan fingerprint density at radius 3 is 1.79 bits per heavy atom. The van der Waals surface area contributed by atoms with E-state index in [1.54, 1.807) is 0 Å². The Bertz CT molecular complexity index is 2020. The van der Waals surface area contributed by atoms with Crippen molar-refractivity contribution in [3.8, 4) is 28.1 Å². The number of fused-ring (bicyclic) bond motifs is 10. The largest absolute Gasteiger partial charge is 0.308 e. The van der Waals surface area contributed by atoms with Crippen molar-refractivity contribution in [2.45, 2.75) is 19.3 Å². The molecule has 8 rings (SSSR count). The first kappa shape index (κ1) is 21.5. The van der Waals surface area contributed by atoms with Crippen molar-refractivity contribution >= 4 is 32.4 Å². The molecule has 0 saturated heterocycles. The van der Waals surface area contributed by atoms with E-state index < -0.39 is 0 Å². The lowest BCUT2D eigenvalue weighted by atomic mass is 9.80. The Kier molecular flexibility index (Phi) is 4.35. The second-order valence-electron chi connectivity index (χ2n) is 11.0. The second-order valence-corrected chi connectivity index (χ2v) is 11.0. The van der Waals surface area contributed by atoms with E-state index in [9.17, 15) is 0 Å². The molecule has 1 heterocycles. The van der Waals surface area contributed by atoms with Gasteiger partial charge in [0.05, 0.1) is 11.2 Å². The smallest absolute Gasteiger partial charge is 0.0623 e. The number of benzene rings is 6. The van der Waals surface area contributed by atoms with Gasteiger partial charge in [0.25, 0.3) is 0 Å². The normalized spacial score (nSPS) is 13.7. The Balaban J connectivity index is 1.56. The Morgan fingerprint density at radius 1 is 0.500 bits per heavy atom. The molecule has 0 saturated carbocycles. The molecule has 0 fully saturated rings.